The predicted molar refractivity (Wildman–Crippen MR) is 53.7 cm³/mol. The van der Waals surface area contributed by atoms with E-state index in [0.29, 0.717) is 6.54 Å². The minimum absolute atomic E-state index is 0.195. The number of hydrogen-bond acceptors (Lipinski definition) is 1. The number of rotatable bonds is 3. The van der Waals surface area contributed by atoms with Gasteiger partial charge in [-0.25, -0.2) is 9.18 Å². The van der Waals surface area contributed by atoms with Crippen LogP contribution in [0.2, 0.25) is 0 Å². The Morgan fingerprint density at radius 2 is 2.14 bits per heavy atom. The summed E-state index contributed by atoms with van der Waals surface area (Å²) in [5.74, 6) is -0.431. The molecule has 0 aliphatic heterocycles. The van der Waals surface area contributed by atoms with Crippen LogP contribution in [0.5, 0.6) is 0 Å². The Morgan fingerprint density at radius 3 is 2.79 bits per heavy atom. The number of amides is 2. The molecule has 0 aliphatic carbocycles. The van der Waals surface area contributed by atoms with Gasteiger partial charge in [0, 0.05) is 6.54 Å². The van der Waals surface area contributed by atoms with E-state index < -0.39 is 5.82 Å². The van der Waals surface area contributed by atoms with E-state index in [1.165, 1.54) is 12.1 Å². The molecule has 1 aromatic carbocycles. The Labute approximate surface area is 82.3 Å². The first kappa shape index (κ1) is 10.5. The predicted octanol–water partition coefficient (Wildman–Crippen LogP) is 2.36. The highest BCUT2D eigenvalue weighted by Crippen LogP contribution is 2.11. The number of nitrogens with one attached hydrogen (secondary N) is 2. The summed E-state index contributed by atoms with van der Waals surface area (Å²) in [6.45, 7) is 2.53. The summed E-state index contributed by atoms with van der Waals surface area (Å²) in [5, 5.41) is 5.01. The molecule has 3 nitrogen and oxygen atoms in total. The average Bonchev–Trinajstić information content (AvgIpc) is 2.18. The van der Waals surface area contributed by atoms with Crippen molar-refractivity contribution in [3.8, 4) is 0 Å². The van der Waals surface area contributed by atoms with E-state index in [1.807, 2.05) is 6.92 Å². The van der Waals surface area contributed by atoms with Crippen LogP contribution in [0.15, 0.2) is 24.3 Å². The molecule has 0 spiro atoms. The fraction of sp³-hybridized carbons (Fsp3) is 0.300. The number of halogens is 1. The van der Waals surface area contributed by atoms with Crippen molar-refractivity contribution >= 4 is 11.7 Å². The van der Waals surface area contributed by atoms with Gasteiger partial charge in [-0.2, -0.15) is 0 Å². The molecule has 0 aromatic heterocycles. The lowest BCUT2D eigenvalue weighted by atomic mass is 10.3. The zero-order valence-corrected chi connectivity index (χ0v) is 8.01. The Hall–Kier alpha value is -1.58. The molecule has 0 bridgehead atoms. The van der Waals surface area contributed by atoms with Gasteiger partial charge in [-0.15, -0.1) is 0 Å². The first-order valence-electron chi connectivity index (χ1n) is 4.53. The zero-order chi connectivity index (χ0) is 10.4. The van der Waals surface area contributed by atoms with Crippen LogP contribution >= 0.6 is 0 Å². The Morgan fingerprint density at radius 1 is 1.43 bits per heavy atom. The zero-order valence-electron chi connectivity index (χ0n) is 8.01. The van der Waals surface area contributed by atoms with Gasteiger partial charge in [0.15, 0.2) is 0 Å². The highest BCUT2D eigenvalue weighted by Gasteiger charge is 2.03. The van der Waals surface area contributed by atoms with E-state index in [0.717, 1.165) is 6.42 Å². The van der Waals surface area contributed by atoms with Crippen LogP contribution in [-0.4, -0.2) is 12.6 Å². The number of anilines is 1. The van der Waals surface area contributed by atoms with Crippen LogP contribution in [0.3, 0.4) is 0 Å². The maximum atomic E-state index is 13.0. The topological polar surface area (TPSA) is 41.1 Å². The summed E-state index contributed by atoms with van der Waals surface area (Å²) in [5.41, 5.74) is 0.195. The summed E-state index contributed by atoms with van der Waals surface area (Å²) >= 11 is 0. The maximum absolute atomic E-state index is 13.0. The molecule has 0 unspecified atom stereocenters. The van der Waals surface area contributed by atoms with Gasteiger partial charge in [0.1, 0.15) is 5.82 Å². The summed E-state index contributed by atoms with van der Waals surface area (Å²) in [4.78, 5) is 11.1. The monoisotopic (exact) mass is 196 g/mol. The second kappa shape index (κ2) is 5.21. The highest BCUT2D eigenvalue weighted by atomic mass is 19.1. The average molecular weight is 196 g/mol. The van der Waals surface area contributed by atoms with Gasteiger partial charge in [-0.1, -0.05) is 19.1 Å². The van der Waals surface area contributed by atoms with Gasteiger partial charge in [0.25, 0.3) is 0 Å². The lowest BCUT2D eigenvalue weighted by molar-refractivity contribution is 0.252. The third kappa shape index (κ3) is 3.05. The van der Waals surface area contributed by atoms with Crippen LogP contribution in [0.4, 0.5) is 14.9 Å². The molecule has 14 heavy (non-hydrogen) atoms. The molecule has 0 aliphatic rings. The molecule has 2 N–H and O–H groups in total. The largest absolute Gasteiger partial charge is 0.338 e. The number of urea groups is 1. The van der Waals surface area contributed by atoms with Gasteiger partial charge in [-0.05, 0) is 18.6 Å². The molecule has 76 valence electrons. The van der Waals surface area contributed by atoms with Crippen molar-refractivity contribution in [2.75, 3.05) is 11.9 Å². The maximum Gasteiger partial charge on any atom is 0.319 e. The Bertz CT molecular complexity index is 315. The standard InChI is InChI=1S/C10H13FN2O/c1-2-7-12-10(14)13-9-6-4-3-5-8(9)11/h3-6H,2,7H2,1H3,(H2,12,13,14). The molecule has 1 rings (SSSR count). The molecule has 0 fully saturated rings. The third-order valence-electron chi connectivity index (χ3n) is 1.66. The van der Waals surface area contributed by atoms with Crippen molar-refractivity contribution < 1.29 is 9.18 Å². The van der Waals surface area contributed by atoms with E-state index in [9.17, 15) is 9.18 Å². The third-order valence-corrected chi connectivity index (χ3v) is 1.66. The molecular formula is C10H13FN2O. The first-order valence-corrected chi connectivity index (χ1v) is 4.53. The summed E-state index contributed by atoms with van der Waals surface area (Å²) in [6.07, 6.45) is 0.852. The van der Waals surface area contributed by atoms with Gasteiger partial charge < -0.3 is 10.6 Å². The summed E-state index contributed by atoms with van der Waals surface area (Å²) < 4.78 is 13.0. The second-order valence-corrected chi connectivity index (χ2v) is 2.86. The molecule has 0 saturated heterocycles. The van der Waals surface area contributed by atoms with Gasteiger partial charge in [0.05, 0.1) is 5.69 Å². The van der Waals surface area contributed by atoms with E-state index in [4.69, 9.17) is 0 Å². The molecule has 1 aromatic rings. The number of benzene rings is 1. The van der Waals surface area contributed by atoms with Crippen LogP contribution in [0, 0.1) is 5.82 Å². The minimum atomic E-state index is -0.431. The van der Waals surface area contributed by atoms with E-state index >= 15 is 0 Å². The molecule has 4 heteroatoms. The second-order valence-electron chi connectivity index (χ2n) is 2.86. The molecule has 0 atom stereocenters. The molecule has 2 amide bonds. The van der Waals surface area contributed by atoms with Crippen LogP contribution in [-0.2, 0) is 0 Å². The van der Waals surface area contributed by atoms with Crippen LogP contribution in [0.1, 0.15) is 13.3 Å². The number of hydrogen-bond donors (Lipinski definition) is 2. The SMILES string of the molecule is CCCNC(=O)Nc1ccccc1F. The van der Waals surface area contributed by atoms with Gasteiger partial charge in [0.2, 0.25) is 0 Å². The van der Waals surface area contributed by atoms with E-state index in [2.05, 4.69) is 10.6 Å². The smallest absolute Gasteiger partial charge is 0.319 e. The summed E-state index contributed by atoms with van der Waals surface area (Å²) in [7, 11) is 0. The van der Waals surface area contributed by atoms with Gasteiger partial charge >= 0.3 is 6.03 Å². The molecule has 0 saturated carbocycles. The van der Waals surface area contributed by atoms with Crippen LogP contribution in [0.25, 0.3) is 0 Å². The first-order chi connectivity index (χ1) is 6.74. The Balaban J connectivity index is 2.52. The van der Waals surface area contributed by atoms with Gasteiger partial charge in [-0.3, -0.25) is 0 Å². The Kier molecular flexibility index (Phi) is 3.91. The highest BCUT2D eigenvalue weighted by molar-refractivity contribution is 5.89. The van der Waals surface area contributed by atoms with E-state index in [1.54, 1.807) is 12.1 Å². The summed E-state index contributed by atoms with van der Waals surface area (Å²) in [6, 6.07) is 5.68. The quantitative estimate of drug-likeness (QED) is 0.765. The molecule has 0 radical (unpaired) electrons. The number of para-hydroxylation sites is 1. The van der Waals surface area contributed by atoms with Crippen molar-refractivity contribution in [2.24, 2.45) is 0 Å². The van der Waals surface area contributed by atoms with Crippen LogP contribution < -0.4 is 10.6 Å². The van der Waals surface area contributed by atoms with Crippen molar-refractivity contribution in [3.05, 3.63) is 30.1 Å². The van der Waals surface area contributed by atoms with E-state index in [-0.39, 0.29) is 11.7 Å². The molecule has 0 heterocycles. The lowest BCUT2D eigenvalue weighted by Crippen LogP contribution is -2.29. The van der Waals surface area contributed by atoms with Crippen molar-refractivity contribution in [2.45, 2.75) is 13.3 Å². The van der Waals surface area contributed by atoms with Crippen molar-refractivity contribution in [1.29, 1.82) is 0 Å². The fourth-order valence-corrected chi connectivity index (χ4v) is 0.968. The number of carbonyl (C=O) groups is 1. The normalized spacial score (nSPS) is 9.57. The fourth-order valence-electron chi connectivity index (χ4n) is 0.968. The molecular weight excluding hydrogens is 183 g/mol. The minimum Gasteiger partial charge on any atom is -0.338 e. The number of carbonyl (C=O) groups excluding carboxylic acids is 1. The van der Waals surface area contributed by atoms with Crippen molar-refractivity contribution in [3.63, 3.8) is 0 Å². The van der Waals surface area contributed by atoms with Crippen molar-refractivity contribution in [1.82, 2.24) is 5.32 Å². The lowest BCUT2D eigenvalue weighted by Gasteiger charge is -2.06.